The van der Waals surface area contributed by atoms with Crippen LogP contribution in [0.5, 0.6) is 5.75 Å². The third-order valence-corrected chi connectivity index (χ3v) is 2.74. The highest BCUT2D eigenvalue weighted by Gasteiger charge is 2.26. The van der Waals surface area contributed by atoms with Crippen LogP contribution < -0.4 is 10.1 Å². The second-order valence-corrected chi connectivity index (χ2v) is 3.97. The molecule has 1 aliphatic rings. The molecule has 1 aliphatic heterocycles. The van der Waals surface area contributed by atoms with E-state index >= 15 is 0 Å². The van der Waals surface area contributed by atoms with Crippen molar-refractivity contribution in [2.75, 3.05) is 5.32 Å². The molecule has 5 heteroatoms. The number of carbonyl (C=O) groups is 1. The molecule has 88 valence electrons. The number of hydrogen-bond donors (Lipinski definition) is 2. The molecular weight excluding hydrogens is 220 g/mol. The van der Waals surface area contributed by atoms with Crippen LogP contribution in [0.1, 0.15) is 23.7 Å². The lowest BCUT2D eigenvalue weighted by Crippen LogP contribution is -2.39. The maximum atomic E-state index is 10.8. The molecule has 0 amide bonds. The van der Waals surface area contributed by atoms with Crippen LogP contribution in [0.4, 0.5) is 5.69 Å². The molecule has 5 nitrogen and oxygen atoms in total. The summed E-state index contributed by atoms with van der Waals surface area (Å²) in [6.07, 6.45) is 0.0156. The van der Waals surface area contributed by atoms with E-state index < -0.39 is 5.97 Å². The lowest BCUT2D eigenvalue weighted by molar-refractivity contribution is 0.0696. The van der Waals surface area contributed by atoms with E-state index in [1.54, 1.807) is 6.07 Å². The predicted octanol–water partition coefficient (Wildman–Crippen LogP) is 1.86. The molecule has 0 fully saturated rings. The number of ether oxygens (including phenoxy) is 1. The highest BCUT2D eigenvalue weighted by molar-refractivity contribution is 5.89. The Kier molecular flexibility index (Phi) is 2.88. The van der Waals surface area contributed by atoms with E-state index in [2.05, 4.69) is 11.4 Å². The van der Waals surface area contributed by atoms with Gasteiger partial charge in [0.1, 0.15) is 11.9 Å². The average Bonchev–Trinajstić information content (AvgIpc) is 2.29. The Morgan fingerprint density at radius 3 is 3.06 bits per heavy atom. The summed E-state index contributed by atoms with van der Waals surface area (Å²) in [4.78, 5) is 10.8. The summed E-state index contributed by atoms with van der Waals surface area (Å²) in [7, 11) is 0. The van der Waals surface area contributed by atoms with Crippen LogP contribution in [0, 0.1) is 11.3 Å². The zero-order chi connectivity index (χ0) is 12.4. The van der Waals surface area contributed by atoms with Crippen molar-refractivity contribution >= 4 is 11.7 Å². The highest BCUT2D eigenvalue weighted by Crippen LogP contribution is 2.33. The van der Waals surface area contributed by atoms with Gasteiger partial charge in [0.25, 0.3) is 0 Å². The minimum atomic E-state index is -0.994. The van der Waals surface area contributed by atoms with E-state index in [1.165, 1.54) is 12.1 Å². The third-order valence-electron chi connectivity index (χ3n) is 2.74. The summed E-state index contributed by atoms with van der Waals surface area (Å²) < 4.78 is 5.63. The lowest BCUT2D eigenvalue weighted by atomic mass is 10.1. The van der Waals surface area contributed by atoms with Crippen LogP contribution in [-0.2, 0) is 0 Å². The van der Waals surface area contributed by atoms with E-state index in [9.17, 15) is 4.79 Å². The van der Waals surface area contributed by atoms with Crippen molar-refractivity contribution in [3.8, 4) is 11.8 Å². The molecule has 0 radical (unpaired) electrons. The van der Waals surface area contributed by atoms with Crippen LogP contribution in [0.15, 0.2) is 18.2 Å². The molecule has 0 aliphatic carbocycles. The fourth-order valence-corrected chi connectivity index (χ4v) is 1.78. The first kappa shape index (κ1) is 11.3. The number of aromatic carboxylic acids is 1. The zero-order valence-electron chi connectivity index (χ0n) is 9.30. The Hall–Kier alpha value is -2.22. The molecule has 1 heterocycles. The Morgan fingerprint density at radius 1 is 1.65 bits per heavy atom. The van der Waals surface area contributed by atoms with Crippen LogP contribution in [-0.4, -0.2) is 23.2 Å². The molecule has 2 unspecified atom stereocenters. The summed E-state index contributed by atoms with van der Waals surface area (Å²) in [6.45, 7) is 1.93. The summed E-state index contributed by atoms with van der Waals surface area (Å²) in [5.74, 6) is -0.505. The largest absolute Gasteiger partial charge is 0.485 e. The van der Waals surface area contributed by atoms with E-state index in [-0.39, 0.29) is 24.1 Å². The topological polar surface area (TPSA) is 82.3 Å². The number of nitrogens with one attached hydrogen (secondary N) is 1. The van der Waals surface area contributed by atoms with Gasteiger partial charge < -0.3 is 15.2 Å². The molecule has 2 atom stereocenters. The van der Waals surface area contributed by atoms with Gasteiger partial charge in [0.15, 0.2) is 0 Å². The summed E-state index contributed by atoms with van der Waals surface area (Å²) in [5, 5.41) is 20.7. The zero-order valence-corrected chi connectivity index (χ0v) is 9.30. The van der Waals surface area contributed by atoms with Crippen molar-refractivity contribution in [1.82, 2.24) is 0 Å². The van der Waals surface area contributed by atoms with E-state index in [0.29, 0.717) is 5.75 Å². The number of benzene rings is 1. The van der Waals surface area contributed by atoms with Gasteiger partial charge in [-0.1, -0.05) is 0 Å². The minimum Gasteiger partial charge on any atom is -0.485 e. The van der Waals surface area contributed by atoms with Crippen LogP contribution in [0.2, 0.25) is 0 Å². The molecule has 17 heavy (non-hydrogen) atoms. The van der Waals surface area contributed by atoms with Crippen molar-refractivity contribution in [1.29, 1.82) is 5.26 Å². The van der Waals surface area contributed by atoms with Gasteiger partial charge in [-0.2, -0.15) is 5.26 Å². The molecule has 1 aromatic carbocycles. The fourth-order valence-electron chi connectivity index (χ4n) is 1.78. The van der Waals surface area contributed by atoms with Gasteiger partial charge in [0.05, 0.1) is 29.8 Å². The van der Waals surface area contributed by atoms with E-state index in [0.717, 1.165) is 5.69 Å². The van der Waals surface area contributed by atoms with Crippen molar-refractivity contribution in [3.63, 3.8) is 0 Å². The number of carboxylic acids is 1. The molecule has 2 rings (SSSR count). The van der Waals surface area contributed by atoms with Crippen LogP contribution >= 0.6 is 0 Å². The first-order chi connectivity index (χ1) is 8.11. The van der Waals surface area contributed by atoms with Crippen LogP contribution in [0.3, 0.4) is 0 Å². The summed E-state index contributed by atoms with van der Waals surface area (Å²) >= 11 is 0. The number of nitriles is 1. The Labute approximate surface area is 98.6 Å². The SMILES string of the molecule is CC1Nc2ccc(C(=O)O)cc2OC1CC#N. The summed E-state index contributed by atoms with van der Waals surface area (Å²) in [6, 6.07) is 6.75. The molecule has 0 aromatic heterocycles. The first-order valence-electron chi connectivity index (χ1n) is 5.29. The number of hydrogen-bond acceptors (Lipinski definition) is 4. The highest BCUT2D eigenvalue weighted by atomic mass is 16.5. The fraction of sp³-hybridized carbons (Fsp3) is 0.333. The van der Waals surface area contributed by atoms with Gasteiger partial charge in [-0.15, -0.1) is 0 Å². The maximum Gasteiger partial charge on any atom is 0.335 e. The first-order valence-corrected chi connectivity index (χ1v) is 5.29. The number of rotatable bonds is 2. The molecule has 1 aromatic rings. The number of anilines is 1. The number of nitrogens with zero attached hydrogens (tertiary/aromatic N) is 1. The number of carboxylic acid groups (broad SMARTS) is 1. The molecule has 0 spiro atoms. The van der Waals surface area contributed by atoms with Crippen molar-refractivity contribution < 1.29 is 14.6 Å². The molecule has 0 bridgehead atoms. The normalized spacial score (nSPS) is 21.6. The quantitative estimate of drug-likeness (QED) is 0.813. The second-order valence-electron chi connectivity index (χ2n) is 3.97. The van der Waals surface area contributed by atoms with Crippen LogP contribution in [0.25, 0.3) is 0 Å². The smallest absolute Gasteiger partial charge is 0.335 e. The van der Waals surface area contributed by atoms with Crippen molar-refractivity contribution in [2.24, 2.45) is 0 Å². The van der Waals surface area contributed by atoms with E-state index in [1.807, 2.05) is 6.92 Å². The third kappa shape index (κ3) is 2.16. The van der Waals surface area contributed by atoms with Gasteiger partial charge in [-0.25, -0.2) is 4.79 Å². The second kappa shape index (κ2) is 4.34. The van der Waals surface area contributed by atoms with Gasteiger partial charge in [-0.05, 0) is 25.1 Å². The van der Waals surface area contributed by atoms with Gasteiger partial charge in [0.2, 0.25) is 0 Å². The molecular formula is C12H12N2O3. The Morgan fingerprint density at radius 2 is 2.41 bits per heavy atom. The predicted molar refractivity (Wildman–Crippen MR) is 61.1 cm³/mol. The Balaban J connectivity index is 2.31. The van der Waals surface area contributed by atoms with Crippen molar-refractivity contribution in [3.05, 3.63) is 23.8 Å². The summed E-state index contributed by atoms with van der Waals surface area (Å²) in [5.41, 5.74) is 0.938. The average molecular weight is 232 g/mol. The molecule has 0 saturated heterocycles. The maximum absolute atomic E-state index is 10.8. The number of fused-ring (bicyclic) bond motifs is 1. The molecule has 0 saturated carbocycles. The molecule has 2 N–H and O–H groups in total. The standard InChI is InChI=1S/C12H12N2O3/c1-7-10(4-5-13)17-11-6-8(12(15)16)2-3-9(11)14-7/h2-3,6-7,10,14H,4H2,1H3,(H,15,16). The van der Waals surface area contributed by atoms with Gasteiger partial charge in [-0.3, -0.25) is 0 Å². The van der Waals surface area contributed by atoms with Crippen molar-refractivity contribution in [2.45, 2.75) is 25.5 Å². The monoisotopic (exact) mass is 232 g/mol. The minimum absolute atomic E-state index is 0.0258. The van der Waals surface area contributed by atoms with Gasteiger partial charge in [0, 0.05) is 0 Å². The lowest BCUT2D eigenvalue weighted by Gasteiger charge is -2.31. The van der Waals surface area contributed by atoms with E-state index in [4.69, 9.17) is 15.1 Å². The Bertz CT molecular complexity index is 493. The van der Waals surface area contributed by atoms with Gasteiger partial charge >= 0.3 is 5.97 Å².